The molecule has 15 heavy (non-hydrogen) atoms. The Kier molecular flexibility index (Phi) is 4.28. The minimum Gasteiger partial charge on any atom is -0.294 e. The summed E-state index contributed by atoms with van der Waals surface area (Å²) in [7, 11) is 0. The molecule has 0 spiro atoms. The summed E-state index contributed by atoms with van der Waals surface area (Å²) in [6.07, 6.45) is 1.14. The summed E-state index contributed by atoms with van der Waals surface area (Å²) in [6.45, 7) is 4.06. The smallest absolute Gasteiger partial charge is 0.165 e. The fourth-order valence-corrected chi connectivity index (χ4v) is 1.44. The summed E-state index contributed by atoms with van der Waals surface area (Å²) in [5, 5.41) is 0.393. The SMILES string of the molecule is CC(C)CCC(=O)c1cc(Cl)ccc1F. The third-order valence-corrected chi connectivity index (χ3v) is 2.41. The molecule has 0 atom stereocenters. The summed E-state index contributed by atoms with van der Waals surface area (Å²) in [5.41, 5.74) is 0.100. The number of hydrogen-bond donors (Lipinski definition) is 0. The third kappa shape index (κ3) is 3.63. The second-order valence-electron chi connectivity index (χ2n) is 3.98. The van der Waals surface area contributed by atoms with Crippen LogP contribution in [0.1, 0.15) is 37.0 Å². The van der Waals surface area contributed by atoms with Crippen LogP contribution in [0.25, 0.3) is 0 Å². The van der Waals surface area contributed by atoms with Gasteiger partial charge in [0.1, 0.15) is 5.82 Å². The molecule has 3 heteroatoms. The second-order valence-corrected chi connectivity index (χ2v) is 4.42. The zero-order valence-corrected chi connectivity index (χ0v) is 9.64. The lowest BCUT2D eigenvalue weighted by atomic mass is 10.0. The van der Waals surface area contributed by atoms with E-state index in [1.54, 1.807) is 0 Å². The Morgan fingerprint density at radius 2 is 2.13 bits per heavy atom. The minimum atomic E-state index is -0.492. The molecule has 0 fully saturated rings. The van der Waals surface area contributed by atoms with Gasteiger partial charge in [0.2, 0.25) is 0 Å². The molecule has 0 bridgehead atoms. The van der Waals surface area contributed by atoms with Crippen molar-refractivity contribution in [3.05, 3.63) is 34.6 Å². The van der Waals surface area contributed by atoms with Crippen LogP contribution in [0.3, 0.4) is 0 Å². The molecule has 1 aromatic carbocycles. The van der Waals surface area contributed by atoms with Gasteiger partial charge in [0.15, 0.2) is 5.78 Å². The Labute approximate surface area is 94.3 Å². The number of carbonyl (C=O) groups excluding carboxylic acids is 1. The lowest BCUT2D eigenvalue weighted by Gasteiger charge is -2.05. The molecule has 0 radical (unpaired) electrons. The van der Waals surface area contributed by atoms with Crippen molar-refractivity contribution in [3.63, 3.8) is 0 Å². The molecule has 0 aliphatic carbocycles. The van der Waals surface area contributed by atoms with Crippen molar-refractivity contribution in [1.82, 2.24) is 0 Å². The van der Waals surface area contributed by atoms with Gasteiger partial charge in [-0.2, -0.15) is 0 Å². The average molecular weight is 229 g/mol. The maximum atomic E-state index is 13.3. The van der Waals surface area contributed by atoms with Crippen molar-refractivity contribution in [2.45, 2.75) is 26.7 Å². The maximum Gasteiger partial charge on any atom is 0.165 e. The van der Waals surface area contributed by atoms with E-state index < -0.39 is 5.82 Å². The topological polar surface area (TPSA) is 17.1 Å². The molecule has 0 aromatic heterocycles. The van der Waals surface area contributed by atoms with Crippen LogP contribution >= 0.6 is 11.6 Å². The Morgan fingerprint density at radius 3 is 2.73 bits per heavy atom. The number of ketones is 1. The molecular weight excluding hydrogens is 215 g/mol. The maximum absolute atomic E-state index is 13.3. The zero-order valence-electron chi connectivity index (χ0n) is 8.89. The van der Waals surface area contributed by atoms with E-state index in [0.717, 1.165) is 6.42 Å². The van der Waals surface area contributed by atoms with Crippen molar-refractivity contribution in [2.24, 2.45) is 5.92 Å². The first-order chi connectivity index (χ1) is 7.00. The van der Waals surface area contributed by atoms with Gasteiger partial charge in [0.05, 0.1) is 5.56 Å². The van der Waals surface area contributed by atoms with E-state index in [1.165, 1.54) is 18.2 Å². The molecular formula is C12H14ClFO. The van der Waals surface area contributed by atoms with Gasteiger partial charge in [0, 0.05) is 11.4 Å². The summed E-state index contributed by atoms with van der Waals surface area (Å²) in [6, 6.07) is 4.06. The summed E-state index contributed by atoms with van der Waals surface area (Å²) in [4.78, 5) is 11.6. The predicted octanol–water partition coefficient (Wildman–Crippen LogP) is 4.10. The molecule has 0 heterocycles. The van der Waals surface area contributed by atoms with E-state index in [-0.39, 0.29) is 11.3 Å². The van der Waals surface area contributed by atoms with Crippen LogP contribution in [0, 0.1) is 11.7 Å². The first-order valence-corrected chi connectivity index (χ1v) is 5.36. The summed E-state index contributed by atoms with van der Waals surface area (Å²) in [5.74, 6) is -0.229. The second kappa shape index (κ2) is 5.26. The molecule has 82 valence electrons. The molecule has 0 saturated heterocycles. The van der Waals surface area contributed by atoms with Gasteiger partial charge >= 0.3 is 0 Å². The zero-order chi connectivity index (χ0) is 11.4. The van der Waals surface area contributed by atoms with E-state index in [9.17, 15) is 9.18 Å². The Balaban J connectivity index is 2.77. The number of halogens is 2. The number of Topliss-reactive ketones (excluding diaryl/α,β-unsaturated/α-hetero) is 1. The first-order valence-electron chi connectivity index (χ1n) is 4.99. The van der Waals surface area contributed by atoms with E-state index in [2.05, 4.69) is 0 Å². The average Bonchev–Trinajstić information content (AvgIpc) is 2.18. The summed E-state index contributed by atoms with van der Waals surface area (Å²) < 4.78 is 13.3. The first kappa shape index (κ1) is 12.2. The van der Waals surface area contributed by atoms with Crippen molar-refractivity contribution in [3.8, 4) is 0 Å². The largest absolute Gasteiger partial charge is 0.294 e. The van der Waals surface area contributed by atoms with Crippen molar-refractivity contribution >= 4 is 17.4 Å². The van der Waals surface area contributed by atoms with Gasteiger partial charge in [-0.15, -0.1) is 0 Å². The molecule has 0 amide bonds. The van der Waals surface area contributed by atoms with Crippen molar-refractivity contribution < 1.29 is 9.18 Å². The molecule has 0 unspecified atom stereocenters. The van der Waals surface area contributed by atoms with E-state index in [4.69, 9.17) is 11.6 Å². The van der Waals surface area contributed by atoms with Gasteiger partial charge in [-0.3, -0.25) is 4.79 Å². The molecule has 1 nitrogen and oxygen atoms in total. The van der Waals surface area contributed by atoms with Crippen molar-refractivity contribution in [2.75, 3.05) is 0 Å². The normalized spacial score (nSPS) is 10.7. The van der Waals surface area contributed by atoms with Crippen LogP contribution in [-0.4, -0.2) is 5.78 Å². The van der Waals surface area contributed by atoms with Crippen LogP contribution < -0.4 is 0 Å². The van der Waals surface area contributed by atoms with Gasteiger partial charge in [-0.25, -0.2) is 4.39 Å². The number of benzene rings is 1. The quantitative estimate of drug-likeness (QED) is 0.710. The molecule has 0 N–H and O–H groups in total. The van der Waals surface area contributed by atoms with Gasteiger partial charge < -0.3 is 0 Å². The highest BCUT2D eigenvalue weighted by molar-refractivity contribution is 6.31. The van der Waals surface area contributed by atoms with Gasteiger partial charge in [0.25, 0.3) is 0 Å². The van der Waals surface area contributed by atoms with Crippen molar-refractivity contribution in [1.29, 1.82) is 0 Å². The van der Waals surface area contributed by atoms with Gasteiger partial charge in [-0.1, -0.05) is 25.4 Å². The number of carbonyl (C=O) groups is 1. The standard InChI is InChI=1S/C12H14ClFO/c1-8(2)3-6-12(15)10-7-9(13)4-5-11(10)14/h4-5,7-8H,3,6H2,1-2H3. The fraction of sp³-hybridized carbons (Fsp3) is 0.417. The van der Waals surface area contributed by atoms with Crippen LogP contribution in [0.5, 0.6) is 0 Å². The van der Waals surface area contributed by atoms with Crippen LogP contribution in [-0.2, 0) is 0 Å². The highest BCUT2D eigenvalue weighted by atomic mass is 35.5. The van der Waals surface area contributed by atoms with Crippen LogP contribution in [0.15, 0.2) is 18.2 Å². The van der Waals surface area contributed by atoms with E-state index in [0.29, 0.717) is 17.4 Å². The lowest BCUT2D eigenvalue weighted by Crippen LogP contribution is -2.04. The summed E-state index contributed by atoms with van der Waals surface area (Å²) >= 11 is 5.70. The third-order valence-electron chi connectivity index (χ3n) is 2.18. The Bertz CT molecular complexity index is 361. The number of hydrogen-bond acceptors (Lipinski definition) is 1. The van der Waals surface area contributed by atoms with Gasteiger partial charge in [-0.05, 0) is 30.5 Å². The predicted molar refractivity (Wildman–Crippen MR) is 59.8 cm³/mol. The fourth-order valence-electron chi connectivity index (χ4n) is 1.27. The molecule has 0 aliphatic rings. The minimum absolute atomic E-state index is 0.100. The monoisotopic (exact) mass is 228 g/mol. The number of rotatable bonds is 4. The van der Waals surface area contributed by atoms with Crippen LogP contribution in [0.2, 0.25) is 5.02 Å². The molecule has 0 saturated carbocycles. The molecule has 1 rings (SSSR count). The Morgan fingerprint density at radius 1 is 1.47 bits per heavy atom. The lowest BCUT2D eigenvalue weighted by molar-refractivity contribution is 0.0971. The Hall–Kier alpha value is -0.890. The highest BCUT2D eigenvalue weighted by Crippen LogP contribution is 2.18. The molecule has 1 aromatic rings. The molecule has 0 aliphatic heterocycles. The van der Waals surface area contributed by atoms with Crippen LogP contribution in [0.4, 0.5) is 4.39 Å². The van der Waals surface area contributed by atoms with E-state index in [1.807, 2.05) is 13.8 Å². The van der Waals surface area contributed by atoms with E-state index >= 15 is 0 Å². The highest BCUT2D eigenvalue weighted by Gasteiger charge is 2.12.